The summed E-state index contributed by atoms with van der Waals surface area (Å²) < 4.78 is 11.0. The number of nitrogens with one attached hydrogen (secondary N) is 1. The molecule has 5 heteroatoms. The van der Waals surface area contributed by atoms with E-state index in [4.69, 9.17) is 0 Å². The summed E-state index contributed by atoms with van der Waals surface area (Å²) in [5.74, 6) is 0.762. The molecule has 0 aromatic carbocycles. The highest BCUT2D eigenvalue weighted by molar-refractivity contribution is 7.84. The summed E-state index contributed by atoms with van der Waals surface area (Å²) in [6, 6.07) is 0.383. The molecule has 18 heavy (non-hydrogen) atoms. The van der Waals surface area contributed by atoms with Crippen molar-refractivity contribution in [1.29, 1.82) is 0 Å². The lowest BCUT2D eigenvalue weighted by Crippen LogP contribution is -2.27. The van der Waals surface area contributed by atoms with Gasteiger partial charge in [0.25, 0.3) is 0 Å². The lowest BCUT2D eigenvalue weighted by atomic mass is 9.98. The molecular formula is C13H24N2OS2. The normalized spacial score (nSPS) is 15.6. The highest BCUT2D eigenvalue weighted by atomic mass is 32.2. The molecule has 1 rings (SSSR count). The predicted octanol–water partition coefficient (Wildman–Crippen LogP) is 2.69. The van der Waals surface area contributed by atoms with Crippen LogP contribution < -0.4 is 5.32 Å². The van der Waals surface area contributed by atoms with E-state index in [0.717, 1.165) is 24.4 Å². The minimum Gasteiger partial charge on any atom is -0.309 e. The number of thiazole rings is 1. The molecular weight excluding hydrogens is 264 g/mol. The number of hydrogen-bond acceptors (Lipinski definition) is 4. The first-order valence-corrected chi connectivity index (χ1v) is 8.88. The van der Waals surface area contributed by atoms with Gasteiger partial charge in [-0.25, -0.2) is 4.98 Å². The molecule has 0 spiro atoms. The highest BCUT2D eigenvalue weighted by Crippen LogP contribution is 2.25. The Bertz CT molecular complexity index is 396. The highest BCUT2D eigenvalue weighted by Gasteiger charge is 2.17. The molecule has 1 N–H and O–H groups in total. The Morgan fingerprint density at radius 2 is 2.17 bits per heavy atom. The lowest BCUT2D eigenvalue weighted by molar-refractivity contribution is 0.526. The molecule has 3 nitrogen and oxygen atoms in total. The Balaban J connectivity index is 2.39. The van der Waals surface area contributed by atoms with Crippen molar-refractivity contribution in [2.45, 2.75) is 52.1 Å². The van der Waals surface area contributed by atoms with E-state index >= 15 is 0 Å². The molecule has 1 aromatic rings. The molecule has 1 heterocycles. The van der Waals surface area contributed by atoms with Crippen molar-refractivity contribution < 1.29 is 4.21 Å². The molecule has 0 fully saturated rings. The topological polar surface area (TPSA) is 42.0 Å². The van der Waals surface area contributed by atoms with Crippen LogP contribution in [-0.4, -0.2) is 27.2 Å². The average molecular weight is 288 g/mol. The van der Waals surface area contributed by atoms with Crippen LogP contribution in [0.4, 0.5) is 0 Å². The van der Waals surface area contributed by atoms with E-state index in [2.05, 4.69) is 43.4 Å². The van der Waals surface area contributed by atoms with Gasteiger partial charge in [-0.3, -0.25) is 4.21 Å². The third-order valence-electron chi connectivity index (χ3n) is 2.66. The fourth-order valence-corrected chi connectivity index (χ4v) is 3.05. The second-order valence-electron chi connectivity index (χ2n) is 5.74. The third kappa shape index (κ3) is 5.59. The van der Waals surface area contributed by atoms with Gasteiger partial charge in [0.1, 0.15) is 0 Å². The van der Waals surface area contributed by atoms with Crippen LogP contribution in [0.2, 0.25) is 0 Å². The molecule has 104 valence electrons. The summed E-state index contributed by atoms with van der Waals surface area (Å²) in [5, 5.41) is 6.73. The maximum Gasteiger partial charge on any atom is 0.0982 e. The van der Waals surface area contributed by atoms with E-state index in [1.54, 1.807) is 17.6 Å². The maximum atomic E-state index is 11.0. The quantitative estimate of drug-likeness (QED) is 0.875. The van der Waals surface area contributed by atoms with Gasteiger partial charge in [-0.05, 0) is 13.3 Å². The molecule has 0 amide bonds. The molecule has 0 aliphatic rings. The number of hydrogen-bond donors (Lipinski definition) is 1. The summed E-state index contributed by atoms with van der Waals surface area (Å²) >= 11 is 1.73. The minimum absolute atomic E-state index is 0.133. The van der Waals surface area contributed by atoms with Crippen LogP contribution in [0, 0.1) is 0 Å². The van der Waals surface area contributed by atoms with Crippen LogP contribution in [0.1, 0.15) is 44.8 Å². The molecule has 2 unspecified atom stereocenters. The molecule has 0 saturated heterocycles. The van der Waals surface area contributed by atoms with Gasteiger partial charge < -0.3 is 5.32 Å². The van der Waals surface area contributed by atoms with E-state index in [1.807, 2.05) is 0 Å². The first-order valence-electron chi connectivity index (χ1n) is 6.27. The zero-order chi connectivity index (χ0) is 13.8. The fraction of sp³-hybridized carbons (Fsp3) is 0.769. The van der Waals surface area contributed by atoms with E-state index in [1.165, 1.54) is 5.01 Å². The van der Waals surface area contributed by atoms with Crippen molar-refractivity contribution in [3.8, 4) is 0 Å². The molecule has 0 aliphatic carbocycles. The average Bonchev–Trinajstić information content (AvgIpc) is 2.71. The van der Waals surface area contributed by atoms with E-state index in [-0.39, 0.29) is 5.41 Å². The van der Waals surface area contributed by atoms with E-state index in [0.29, 0.717) is 6.04 Å². The lowest BCUT2D eigenvalue weighted by Gasteiger charge is -2.14. The SMILES string of the molecule is CC(CCS(C)=O)NCc1csc(C(C)(C)C)n1. The molecule has 0 bridgehead atoms. The summed E-state index contributed by atoms with van der Waals surface area (Å²) in [6.45, 7) is 9.47. The molecule has 2 atom stereocenters. The van der Waals surface area contributed by atoms with Crippen LogP contribution >= 0.6 is 11.3 Å². The van der Waals surface area contributed by atoms with Gasteiger partial charge in [0, 0.05) is 46.2 Å². The van der Waals surface area contributed by atoms with Gasteiger partial charge in [-0.2, -0.15) is 0 Å². The Labute approximate surface area is 117 Å². The molecule has 0 saturated carbocycles. The predicted molar refractivity (Wildman–Crippen MR) is 80.7 cm³/mol. The first-order chi connectivity index (χ1) is 8.29. The molecule has 0 radical (unpaired) electrons. The van der Waals surface area contributed by atoms with Crippen LogP contribution in [-0.2, 0) is 22.8 Å². The Morgan fingerprint density at radius 3 is 2.67 bits per heavy atom. The Hall–Kier alpha value is -0.260. The second kappa shape index (κ2) is 6.78. The second-order valence-corrected chi connectivity index (χ2v) is 8.15. The summed E-state index contributed by atoms with van der Waals surface area (Å²) in [6.07, 6.45) is 2.70. The number of aromatic nitrogens is 1. The van der Waals surface area contributed by atoms with E-state index in [9.17, 15) is 4.21 Å². The smallest absolute Gasteiger partial charge is 0.0982 e. The number of nitrogens with zero attached hydrogens (tertiary/aromatic N) is 1. The monoisotopic (exact) mass is 288 g/mol. The molecule has 0 aliphatic heterocycles. The first kappa shape index (κ1) is 15.8. The van der Waals surface area contributed by atoms with Gasteiger partial charge in [0.2, 0.25) is 0 Å². The number of rotatable bonds is 6. The Morgan fingerprint density at radius 1 is 1.50 bits per heavy atom. The van der Waals surface area contributed by atoms with Crippen molar-refractivity contribution in [2.75, 3.05) is 12.0 Å². The van der Waals surface area contributed by atoms with Crippen molar-refractivity contribution in [3.05, 3.63) is 16.1 Å². The van der Waals surface area contributed by atoms with Crippen molar-refractivity contribution in [1.82, 2.24) is 10.3 Å². The van der Waals surface area contributed by atoms with Crippen molar-refractivity contribution in [2.24, 2.45) is 0 Å². The fourth-order valence-electron chi connectivity index (χ4n) is 1.46. The zero-order valence-electron chi connectivity index (χ0n) is 11.9. The zero-order valence-corrected chi connectivity index (χ0v) is 13.6. The van der Waals surface area contributed by atoms with Gasteiger partial charge in [-0.1, -0.05) is 20.8 Å². The van der Waals surface area contributed by atoms with Crippen molar-refractivity contribution >= 4 is 22.1 Å². The van der Waals surface area contributed by atoms with Gasteiger partial charge in [-0.15, -0.1) is 11.3 Å². The van der Waals surface area contributed by atoms with Crippen LogP contribution in [0.15, 0.2) is 5.38 Å². The van der Waals surface area contributed by atoms with Gasteiger partial charge >= 0.3 is 0 Å². The third-order valence-corrected chi connectivity index (χ3v) is 4.79. The van der Waals surface area contributed by atoms with Crippen molar-refractivity contribution in [3.63, 3.8) is 0 Å². The van der Waals surface area contributed by atoms with Crippen LogP contribution in [0.5, 0.6) is 0 Å². The summed E-state index contributed by atoms with van der Waals surface area (Å²) in [5.41, 5.74) is 1.24. The largest absolute Gasteiger partial charge is 0.309 e. The van der Waals surface area contributed by atoms with Crippen LogP contribution in [0.3, 0.4) is 0 Å². The molecule has 1 aromatic heterocycles. The summed E-state index contributed by atoms with van der Waals surface area (Å²) in [4.78, 5) is 4.64. The minimum atomic E-state index is -0.695. The van der Waals surface area contributed by atoms with Gasteiger partial charge in [0.15, 0.2) is 0 Å². The standard InChI is InChI=1S/C13H24N2OS2/c1-10(6-7-18(5)16)14-8-11-9-17-12(15-11)13(2,3)4/h9-10,14H,6-8H2,1-5H3. The summed E-state index contributed by atoms with van der Waals surface area (Å²) in [7, 11) is -0.695. The van der Waals surface area contributed by atoms with Crippen LogP contribution in [0.25, 0.3) is 0 Å². The maximum absolute atomic E-state index is 11.0. The van der Waals surface area contributed by atoms with Gasteiger partial charge in [0.05, 0.1) is 10.7 Å². The van der Waals surface area contributed by atoms with E-state index < -0.39 is 10.8 Å². The Kier molecular flexibility index (Phi) is 5.95.